The summed E-state index contributed by atoms with van der Waals surface area (Å²) in [5, 5.41) is 6.49. The molecular weight excluding hydrogens is 250 g/mol. The summed E-state index contributed by atoms with van der Waals surface area (Å²) in [6.45, 7) is 12.7. The van der Waals surface area contributed by atoms with E-state index >= 15 is 0 Å². The van der Waals surface area contributed by atoms with Crippen molar-refractivity contribution in [3.05, 3.63) is 0 Å². The van der Waals surface area contributed by atoms with E-state index in [9.17, 15) is 4.79 Å². The summed E-state index contributed by atoms with van der Waals surface area (Å²) in [5.41, 5.74) is 0. The molecule has 4 heteroatoms. The number of hydrogen-bond acceptors (Lipinski definition) is 3. The fourth-order valence-corrected chi connectivity index (χ4v) is 3.01. The number of amides is 1. The topological polar surface area (TPSA) is 44.4 Å². The van der Waals surface area contributed by atoms with Crippen LogP contribution in [0.5, 0.6) is 0 Å². The minimum absolute atomic E-state index is 0.100. The van der Waals surface area contributed by atoms with Crippen LogP contribution in [0.4, 0.5) is 0 Å². The summed E-state index contributed by atoms with van der Waals surface area (Å²) < 4.78 is 0. The molecule has 20 heavy (non-hydrogen) atoms. The third kappa shape index (κ3) is 5.80. The van der Waals surface area contributed by atoms with Crippen molar-refractivity contribution in [3.63, 3.8) is 0 Å². The Morgan fingerprint density at radius 3 is 2.15 bits per heavy atom. The molecule has 1 amide bonds. The first-order valence-corrected chi connectivity index (χ1v) is 8.21. The van der Waals surface area contributed by atoms with Crippen molar-refractivity contribution < 1.29 is 4.79 Å². The second-order valence-electron chi connectivity index (χ2n) is 6.59. The molecule has 1 rings (SSSR count). The maximum absolute atomic E-state index is 12.1. The van der Waals surface area contributed by atoms with E-state index in [0.29, 0.717) is 18.1 Å². The highest BCUT2D eigenvalue weighted by Gasteiger charge is 2.20. The molecule has 0 heterocycles. The first kappa shape index (κ1) is 17.4. The van der Waals surface area contributed by atoms with E-state index in [4.69, 9.17) is 0 Å². The molecule has 1 aliphatic carbocycles. The van der Waals surface area contributed by atoms with Crippen molar-refractivity contribution in [2.45, 2.75) is 84.5 Å². The van der Waals surface area contributed by atoms with Crippen molar-refractivity contribution in [2.24, 2.45) is 0 Å². The first-order valence-electron chi connectivity index (χ1n) is 8.21. The van der Waals surface area contributed by atoms with Crippen LogP contribution in [0.15, 0.2) is 0 Å². The number of nitrogens with one attached hydrogen (secondary N) is 2. The number of nitrogens with zero attached hydrogens (tertiary/aromatic N) is 1. The molecule has 0 aromatic heterocycles. The van der Waals surface area contributed by atoms with Crippen LogP contribution in [0.3, 0.4) is 0 Å². The van der Waals surface area contributed by atoms with Crippen LogP contribution in [-0.4, -0.2) is 48.1 Å². The zero-order valence-electron chi connectivity index (χ0n) is 13.9. The number of carbonyl (C=O) groups is 1. The molecule has 118 valence electrons. The van der Waals surface area contributed by atoms with Crippen molar-refractivity contribution in [2.75, 3.05) is 13.1 Å². The van der Waals surface area contributed by atoms with Crippen molar-refractivity contribution >= 4 is 5.91 Å². The lowest BCUT2D eigenvalue weighted by atomic mass is 10.2. The van der Waals surface area contributed by atoms with E-state index in [2.05, 4.69) is 43.2 Å². The summed E-state index contributed by atoms with van der Waals surface area (Å²) in [6.07, 6.45) is 4.80. The molecule has 0 saturated heterocycles. The zero-order chi connectivity index (χ0) is 15.1. The average Bonchev–Trinajstić information content (AvgIpc) is 2.85. The Labute approximate surface area is 124 Å². The molecule has 0 spiro atoms. The molecule has 0 aromatic carbocycles. The van der Waals surface area contributed by atoms with E-state index in [1.165, 1.54) is 12.8 Å². The van der Waals surface area contributed by atoms with Crippen LogP contribution in [0, 0.1) is 0 Å². The molecule has 0 bridgehead atoms. The molecule has 0 radical (unpaired) electrons. The predicted molar refractivity (Wildman–Crippen MR) is 84.8 cm³/mol. The summed E-state index contributed by atoms with van der Waals surface area (Å²) in [7, 11) is 0. The Kier molecular flexibility index (Phi) is 7.52. The average molecular weight is 283 g/mol. The van der Waals surface area contributed by atoms with E-state index < -0.39 is 0 Å². The largest absolute Gasteiger partial charge is 0.352 e. The van der Waals surface area contributed by atoms with E-state index in [1.807, 2.05) is 6.92 Å². The van der Waals surface area contributed by atoms with Crippen molar-refractivity contribution in [3.8, 4) is 0 Å². The zero-order valence-corrected chi connectivity index (χ0v) is 13.9. The Morgan fingerprint density at radius 1 is 1.10 bits per heavy atom. The molecule has 0 aliphatic heterocycles. The van der Waals surface area contributed by atoms with Crippen LogP contribution < -0.4 is 10.6 Å². The second-order valence-corrected chi connectivity index (χ2v) is 6.59. The third-order valence-corrected chi connectivity index (χ3v) is 4.24. The monoisotopic (exact) mass is 283 g/mol. The molecule has 1 fully saturated rings. The van der Waals surface area contributed by atoms with Crippen LogP contribution >= 0.6 is 0 Å². The fourth-order valence-electron chi connectivity index (χ4n) is 3.01. The van der Waals surface area contributed by atoms with Gasteiger partial charge < -0.3 is 10.6 Å². The van der Waals surface area contributed by atoms with Gasteiger partial charge >= 0.3 is 0 Å². The van der Waals surface area contributed by atoms with Gasteiger partial charge in [0.05, 0.1) is 6.04 Å². The predicted octanol–water partition coefficient (Wildman–Crippen LogP) is 2.14. The van der Waals surface area contributed by atoms with Gasteiger partial charge in [-0.25, -0.2) is 0 Å². The van der Waals surface area contributed by atoms with Gasteiger partial charge in [0.1, 0.15) is 0 Å². The highest BCUT2D eigenvalue weighted by molar-refractivity contribution is 5.81. The minimum atomic E-state index is -0.100. The SMILES string of the molecule is CC(NCCN(C(C)C)C(C)C)C(=O)NC1CCCC1. The van der Waals surface area contributed by atoms with Crippen LogP contribution in [-0.2, 0) is 4.79 Å². The van der Waals surface area contributed by atoms with Gasteiger partial charge in [-0.2, -0.15) is 0 Å². The standard InChI is InChI=1S/C16H33N3O/c1-12(2)19(13(3)4)11-10-17-14(5)16(20)18-15-8-6-7-9-15/h12-15,17H,6-11H2,1-5H3,(H,18,20). The van der Waals surface area contributed by atoms with E-state index in [-0.39, 0.29) is 11.9 Å². The van der Waals surface area contributed by atoms with Crippen LogP contribution in [0.2, 0.25) is 0 Å². The quantitative estimate of drug-likeness (QED) is 0.717. The van der Waals surface area contributed by atoms with Crippen molar-refractivity contribution in [1.29, 1.82) is 0 Å². The molecular formula is C16H33N3O. The fraction of sp³-hybridized carbons (Fsp3) is 0.938. The Morgan fingerprint density at radius 2 is 1.65 bits per heavy atom. The Bertz CT molecular complexity index is 277. The Balaban J connectivity index is 2.24. The van der Waals surface area contributed by atoms with Gasteiger partial charge in [-0.05, 0) is 47.5 Å². The van der Waals surface area contributed by atoms with Crippen LogP contribution in [0.25, 0.3) is 0 Å². The summed E-state index contributed by atoms with van der Waals surface area (Å²) in [4.78, 5) is 14.5. The maximum atomic E-state index is 12.1. The second kappa shape index (κ2) is 8.63. The summed E-state index contributed by atoms with van der Waals surface area (Å²) in [5.74, 6) is 0.151. The lowest BCUT2D eigenvalue weighted by Gasteiger charge is -2.31. The minimum Gasteiger partial charge on any atom is -0.352 e. The normalized spacial score (nSPS) is 18.2. The van der Waals surface area contributed by atoms with Gasteiger partial charge in [-0.1, -0.05) is 12.8 Å². The van der Waals surface area contributed by atoms with Crippen molar-refractivity contribution in [1.82, 2.24) is 15.5 Å². The van der Waals surface area contributed by atoms with Gasteiger partial charge in [-0.15, -0.1) is 0 Å². The number of hydrogen-bond donors (Lipinski definition) is 2. The number of carbonyl (C=O) groups excluding carboxylic acids is 1. The molecule has 1 unspecified atom stereocenters. The van der Waals surface area contributed by atoms with Gasteiger partial charge in [0.2, 0.25) is 5.91 Å². The van der Waals surface area contributed by atoms with Gasteiger partial charge in [-0.3, -0.25) is 9.69 Å². The maximum Gasteiger partial charge on any atom is 0.237 e. The lowest BCUT2D eigenvalue weighted by molar-refractivity contribution is -0.123. The van der Waals surface area contributed by atoms with Gasteiger partial charge in [0.15, 0.2) is 0 Å². The summed E-state index contributed by atoms with van der Waals surface area (Å²) in [6, 6.07) is 1.39. The van der Waals surface area contributed by atoms with Gasteiger partial charge in [0.25, 0.3) is 0 Å². The van der Waals surface area contributed by atoms with Gasteiger partial charge in [0, 0.05) is 31.2 Å². The smallest absolute Gasteiger partial charge is 0.237 e. The first-order chi connectivity index (χ1) is 9.41. The molecule has 1 saturated carbocycles. The molecule has 0 aromatic rings. The van der Waals surface area contributed by atoms with Crippen LogP contribution in [0.1, 0.15) is 60.3 Å². The Hall–Kier alpha value is -0.610. The molecule has 1 atom stereocenters. The van der Waals surface area contributed by atoms with E-state index in [1.54, 1.807) is 0 Å². The highest BCUT2D eigenvalue weighted by Crippen LogP contribution is 2.17. The number of rotatable bonds is 8. The molecule has 4 nitrogen and oxygen atoms in total. The van der Waals surface area contributed by atoms with E-state index in [0.717, 1.165) is 25.9 Å². The summed E-state index contributed by atoms with van der Waals surface area (Å²) >= 11 is 0. The molecule has 1 aliphatic rings. The highest BCUT2D eigenvalue weighted by atomic mass is 16.2. The third-order valence-electron chi connectivity index (χ3n) is 4.24. The lowest BCUT2D eigenvalue weighted by Crippen LogP contribution is -2.48. The molecule has 2 N–H and O–H groups in total.